The van der Waals surface area contributed by atoms with Gasteiger partial charge in [-0.1, -0.05) is 30.0 Å². The Morgan fingerprint density at radius 1 is 1.47 bits per heavy atom. The van der Waals surface area contributed by atoms with E-state index in [1.807, 2.05) is 24.3 Å². The third kappa shape index (κ3) is 3.16. The van der Waals surface area contributed by atoms with Crippen LogP contribution in [0.2, 0.25) is 0 Å². The minimum Gasteiger partial charge on any atom is -0.389 e. The minimum atomic E-state index is -0.622. The normalized spacial score (nSPS) is 20.7. The Bertz CT molecular complexity index is 501. The summed E-state index contributed by atoms with van der Waals surface area (Å²) in [5, 5.41) is 9.80. The first kappa shape index (κ1) is 14.1. The number of hydrogen-bond acceptors (Lipinski definition) is 4. The first-order valence-electron chi connectivity index (χ1n) is 6.23. The van der Waals surface area contributed by atoms with Crippen LogP contribution >= 0.6 is 11.8 Å². The maximum Gasteiger partial charge on any atom is 0.228 e. The molecule has 1 aromatic carbocycles. The maximum absolute atomic E-state index is 12.1. The van der Waals surface area contributed by atoms with E-state index in [4.69, 9.17) is 0 Å². The Labute approximate surface area is 116 Å². The summed E-state index contributed by atoms with van der Waals surface area (Å²) in [6.07, 6.45) is -0.248. The summed E-state index contributed by atoms with van der Waals surface area (Å²) in [7, 11) is 0. The zero-order valence-electron chi connectivity index (χ0n) is 11.0. The highest BCUT2D eigenvalue weighted by Crippen LogP contribution is 2.32. The van der Waals surface area contributed by atoms with Crippen LogP contribution in [0, 0.1) is 0 Å². The third-order valence-corrected chi connectivity index (χ3v) is 4.08. The SMILES string of the molecule is CC(=O)SC1CC(=O)N(c2ccccc2C(C)O)C1. The monoisotopic (exact) mass is 279 g/mol. The third-order valence-electron chi connectivity index (χ3n) is 3.10. The topological polar surface area (TPSA) is 57.6 Å². The number of nitrogens with zero attached hydrogens (tertiary/aromatic N) is 1. The molecule has 1 N–H and O–H groups in total. The predicted molar refractivity (Wildman–Crippen MR) is 76.1 cm³/mol. The van der Waals surface area contributed by atoms with Crippen molar-refractivity contribution in [3.63, 3.8) is 0 Å². The van der Waals surface area contributed by atoms with Crippen molar-refractivity contribution in [1.82, 2.24) is 0 Å². The molecule has 2 unspecified atom stereocenters. The molecule has 102 valence electrons. The van der Waals surface area contributed by atoms with Gasteiger partial charge in [0.25, 0.3) is 0 Å². The zero-order chi connectivity index (χ0) is 14.0. The second-order valence-electron chi connectivity index (χ2n) is 4.67. The molecule has 0 aliphatic carbocycles. The van der Waals surface area contributed by atoms with Gasteiger partial charge in [-0.15, -0.1) is 0 Å². The number of aliphatic hydroxyl groups is 1. The van der Waals surface area contributed by atoms with E-state index in [9.17, 15) is 14.7 Å². The molecule has 0 bridgehead atoms. The second-order valence-corrected chi connectivity index (χ2v) is 6.15. The lowest BCUT2D eigenvalue weighted by Gasteiger charge is -2.21. The predicted octanol–water partition coefficient (Wildman–Crippen LogP) is 2.12. The number of carbonyl (C=O) groups is 2. The van der Waals surface area contributed by atoms with Crippen LogP contribution in [-0.2, 0) is 9.59 Å². The Kier molecular flexibility index (Phi) is 4.27. The van der Waals surface area contributed by atoms with Gasteiger partial charge in [-0.3, -0.25) is 9.59 Å². The van der Waals surface area contributed by atoms with E-state index in [-0.39, 0.29) is 16.3 Å². The van der Waals surface area contributed by atoms with Gasteiger partial charge in [-0.2, -0.15) is 0 Å². The first-order valence-corrected chi connectivity index (χ1v) is 7.11. The molecule has 2 atom stereocenters. The highest BCUT2D eigenvalue weighted by atomic mass is 32.2. The average molecular weight is 279 g/mol. The molecule has 1 heterocycles. The van der Waals surface area contributed by atoms with Crippen LogP contribution in [-0.4, -0.2) is 27.9 Å². The summed E-state index contributed by atoms with van der Waals surface area (Å²) in [6.45, 7) is 3.72. The van der Waals surface area contributed by atoms with Crippen molar-refractivity contribution in [1.29, 1.82) is 0 Å². The Morgan fingerprint density at radius 3 is 2.79 bits per heavy atom. The zero-order valence-corrected chi connectivity index (χ0v) is 11.8. The molecule has 0 spiro atoms. The number of para-hydroxylation sites is 1. The first-order chi connectivity index (χ1) is 8.99. The second kappa shape index (κ2) is 5.75. The summed E-state index contributed by atoms with van der Waals surface area (Å²) in [4.78, 5) is 24.8. The number of anilines is 1. The van der Waals surface area contributed by atoms with Crippen LogP contribution < -0.4 is 4.90 Å². The standard InChI is InChI=1S/C14H17NO3S/c1-9(16)12-5-3-4-6-13(12)15-8-11(7-14(15)18)19-10(2)17/h3-6,9,11,16H,7-8H2,1-2H3. The molecule has 4 nitrogen and oxygen atoms in total. The van der Waals surface area contributed by atoms with Crippen molar-refractivity contribution < 1.29 is 14.7 Å². The van der Waals surface area contributed by atoms with Crippen LogP contribution in [0.1, 0.15) is 31.9 Å². The number of hydrogen-bond donors (Lipinski definition) is 1. The molecule has 0 aromatic heterocycles. The van der Waals surface area contributed by atoms with E-state index < -0.39 is 6.10 Å². The fourth-order valence-corrected chi connectivity index (χ4v) is 3.23. The van der Waals surface area contributed by atoms with Gasteiger partial charge in [0.1, 0.15) is 0 Å². The fourth-order valence-electron chi connectivity index (χ4n) is 2.31. The van der Waals surface area contributed by atoms with Gasteiger partial charge in [-0.05, 0) is 13.0 Å². The van der Waals surface area contributed by atoms with Crippen molar-refractivity contribution in [3.8, 4) is 0 Å². The van der Waals surface area contributed by atoms with E-state index >= 15 is 0 Å². The number of carbonyl (C=O) groups excluding carboxylic acids is 2. The van der Waals surface area contributed by atoms with Crippen LogP contribution in [0.4, 0.5) is 5.69 Å². The average Bonchev–Trinajstić information content (AvgIpc) is 2.69. The van der Waals surface area contributed by atoms with Crippen LogP contribution in [0.25, 0.3) is 0 Å². The van der Waals surface area contributed by atoms with Gasteiger partial charge >= 0.3 is 0 Å². The molecular weight excluding hydrogens is 262 g/mol. The van der Waals surface area contributed by atoms with Crippen molar-refractivity contribution in [3.05, 3.63) is 29.8 Å². The number of aliphatic hydroxyl groups excluding tert-OH is 1. The molecule has 1 saturated heterocycles. The smallest absolute Gasteiger partial charge is 0.228 e. The Balaban J connectivity index is 2.23. The fraction of sp³-hybridized carbons (Fsp3) is 0.429. The quantitative estimate of drug-likeness (QED) is 0.921. The van der Waals surface area contributed by atoms with Crippen molar-refractivity contribution in [2.75, 3.05) is 11.4 Å². The summed E-state index contributed by atoms with van der Waals surface area (Å²) in [5.41, 5.74) is 1.48. The lowest BCUT2D eigenvalue weighted by molar-refractivity contribution is -0.117. The minimum absolute atomic E-state index is 0.00634. The Hall–Kier alpha value is -1.33. The van der Waals surface area contributed by atoms with E-state index in [0.717, 1.165) is 11.3 Å². The lowest BCUT2D eigenvalue weighted by Crippen LogP contribution is -2.26. The molecule has 1 amide bonds. The molecule has 1 aliphatic rings. The summed E-state index contributed by atoms with van der Waals surface area (Å²) < 4.78 is 0. The molecule has 1 aromatic rings. The van der Waals surface area contributed by atoms with E-state index in [1.165, 1.54) is 18.7 Å². The molecule has 19 heavy (non-hydrogen) atoms. The summed E-state index contributed by atoms with van der Waals surface area (Å²) in [5.74, 6) is 0.00634. The van der Waals surface area contributed by atoms with E-state index in [0.29, 0.717) is 13.0 Å². The molecule has 0 saturated carbocycles. The van der Waals surface area contributed by atoms with Gasteiger partial charge < -0.3 is 10.0 Å². The molecule has 1 fully saturated rings. The summed E-state index contributed by atoms with van der Waals surface area (Å²) >= 11 is 1.21. The van der Waals surface area contributed by atoms with Crippen LogP contribution in [0.5, 0.6) is 0 Å². The van der Waals surface area contributed by atoms with Crippen molar-refractivity contribution in [2.45, 2.75) is 31.6 Å². The molecular formula is C14H17NO3S. The van der Waals surface area contributed by atoms with Crippen molar-refractivity contribution in [2.24, 2.45) is 0 Å². The Morgan fingerprint density at radius 2 is 2.16 bits per heavy atom. The number of benzene rings is 1. The highest BCUT2D eigenvalue weighted by molar-refractivity contribution is 8.14. The van der Waals surface area contributed by atoms with Gasteiger partial charge in [0, 0.05) is 36.4 Å². The molecule has 0 radical (unpaired) electrons. The molecule has 5 heteroatoms. The largest absolute Gasteiger partial charge is 0.389 e. The van der Waals surface area contributed by atoms with Crippen LogP contribution in [0.3, 0.4) is 0 Å². The van der Waals surface area contributed by atoms with E-state index in [1.54, 1.807) is 11.8 Å². The molecule has 1 aliphatic heterocycles. The van der Waals surface area contributed by atoms with Crippen molar-refractivity contribution >= 4 is 28.5 Å². The maximum atomic E-state index is 12.1. The van der Waals surface area contributed by atoms with Gasteiger partial charge in [0.05, 0.1) is 6.10 Å². The van der Waals surface area contributed by atoms with Gasteiger partial charge in [0.15, 0.2) is 5.12 Å². The van der Waals surface area contributed by atoms with E-state index in [2.05, 4.69) is 0 Å². The number of thioether (sulfide) groups is 1. The van der Waals surface area contributed by atoms with Crippen LogP contribution in [0.15, 0.2) is 24.3 Å². The van der Waals surface area contributed by atoms with Gasteiger partial charge in [0.2, 0.25) is 5.91 Å². The molecule has 2 rings (SSSR count). The lowest BCUT2D eigenvalue weighted by atomic mass is 10.1. The summed E-state index contributed by atoms with van der Waals surface area (Å²) in [6, 6.07) is 7.34. The van der Waals surface area contributed by atoms with Gasteiger partial charge in [-0.25, -0.2) is 0 Å². The number of amides is 1. The number of rotatable bonds is 3. The highest BCUT2D eigenvalue weighted by Gasteiger charge is 2.33.